The summed E-state index contributed by atoms with van der Waals surface area (Å²) in [5, 5.41) is 7.19. The molecule has 1 amide bonds. The van der Waals surface area contributed by atoms with Crippen molar-refractivity contribution in [2.24, 2.45) is 13.0 Å². The summed E-state index contributed by atoms with van der Waals surface area (Å²) in [5.41, 5.74) is 5.61. The molecule has 1 aliphatic heterocycles. The number of carbonyl (C=O) groups excluding carboxylic acids is 2. The molecule has 2 atom stereocenters. The van der Waals surface area contributed by atoms with Crippen molar-refractivity contribution in [2.45, 2.75) is 25.9 Å². The third-order valence-electron chi connectivity index (χ3n) is 7.19. The molecule has 8 heteroatoms. The maximum Gasteiger partial charge on any atom is 0.413 e. The van der Waals surface area contributed by atoms with Crippen LogP contribution in [-0.4, -0.2) is 41.7 Å². The van der Waals surface area contributed by atoms with Crippen molar-refractivity contribution in [3.05, 3.63) is 96.2 Å². The van der Waals surface area contributed by atoms with Gasteiger partial charge in [-0.2, -0.15) is 5.10 Å². The van der Waals surface area contributed by atoms with Crippen LogP contribution in [0.2, 0.25) is 0 Å². The first-order valence-corrected chi connectivity index (χ1v) is 13.4. The molecule has 4 aromatic rings. The van der Waals surface area contributed by atoms with E-state index >= 15 is 0 Å². The number of nitrogens with zero attached hydrogens (tertiary/aromatic N) is 2. The van der Waals surface area contributed by atoms with Gasteiger partial charge in [0, 0.05) is 18.5 Å². The van der Waals surface area contributed by atoms with Crippen molar-refractivity contribution in [3.8, 4) is 22.3 Å². The number of aryl methyl sites for hydroxylation is 1. The molecule has 8 nitrogen and oxygen atoms in total. The molecule has 0 spiro atoms. The number of nitrogens with one attached hydrogen (secondary N) is 1. The van der Waals surface area contributed by atoms with Gasteiger partial charge in [-0.3, -0.25) is 14.8 Å². The van der Waals surface area contributed by atoms with Crippen LogP contribution in [0.5, 0.6) is 0 Å². The minimum atomic E-state index is -0.549. The molecule has 1 N–H and O–H groups in total. The van der Waals surface area contributed by atoms with E-state index in [1.165, 1.54) is 0 Å². The van der Waals surface area contributed by atoms with E-state index in [1.54, 1.807) is 17.9 Å². The molecule has 0 radical (unpaired) electrons. The lowest BCUT2D eigenvalue weighted by Crippen LogP contribution is -2.37. The second-order valence-electron chi connectivity index (χ2n) is 9.84. The standard InChI is InChI=1S/C32H33N3O5/c1-4-39-31(36)29(27-19-38-20-27)26-16-12-24(13-17-26)23-10-14-25(15-11-23)28-18-33-35(3)30(28)34-32(37)40-21(2)22-8-6-5-7-9-22/h5-18,21,27,29H,4,19-20H2,1-3H3,(H,34,37)/t21-,29?/m1/s1. The van der Waals surface area contributed by atoms with Gasteiger partial charge in [0.05, 0.1) is 31.9 Å². The maximum atomic E-state index is 12.7. The number of benzene rings is 3. The Labute approximate surface area is 233 Å². The summed E-state index contributed by atoms with van der Waals surface area (Å²) in [5.74, 6) is 0.175. The third-order valence-corrected chi connectivity index (χ3v) is 7.19. The molecule has 206 valence electrons. The lowest BCUT2D eigenvalue weighted by molar-refractivity contribution is -0.152. The Morgan fingerprint density at radius 2 is 1.57 bits per heavy atom. The lowest BCUT2D eigenvalue weighted by Gasteiger charge is -2.32. The molecule has 3 aromatic carbocycles. The summed E-state index contributed by atoms with van der Waals surface area (Å²) in [6.07, 6.45) is 0.783. The number of hydrogen-bond donors (Lipinski definition) is 1. The maximum absolute atomic E-state index is 12.7. The summed E-state index contributed by atoms with van der Waals surface area (Å²) in [6.45, 7) is 5.16. The van der Waals surface area contributed by atoms with Crippen molar-refractivity contribution in [2.75, 3.05) is 25.1 Å². The minimum absolute atomic E-state index is 0.144. The molecule has 5 rings (SSSR count). The normalized spacial score (nSPS) is 14.6. The quantitative estimate of drug-likeness (QED) is 0.249. The van der Waals surface area contributed by atoms with Crippen LogP contribution in [0.15, 0.2) is 85.1 Å². The first kappa shape index (κ1) is 27.1. The average Bonchev–Trinajstić information content (AvgIpc) is 3.30. The molecular formula is C32H33N3O5. The number of anilines is 1. The summed E-state index contributed by atoms with van der Waals surface area (Å²) < 4.78 is 17.9. The van der Waals surface area contributed by atoms with Crippen LogP contribution >= 0.6 is 0 Å². The van der Waals surface area contributed by atoms with Crippen LogP contribution in [0.4, 0.5) is 10.6 Å². The number of esters is 1. The fourth-order valence-electron chi connectivity index (χ4n) is 4.88. The van der Waals surface area contributed by atoms with Crippen LogP contribution in [-0.2, 0) is 26.1 Å². The van der Waals surface area contributed by atoms with Gasteiger partial charge in [0.1, 0.15) is 11.9 Å². The predicted molar refractivity (Wildman–Crippen MR) is 153 cm³/mol. The van der Waals surface area contributed by atoms with Crippen LogP contribution < -0.4 is 5.32 Å². The Kier molecular flexibility index (Phi) is 8.26. The van der Waals surface area contributed by atoms with Crippen molar-refractivity contribution in [3.63, 3.8) is 0 Å². The van der Waals surface area contributed by atoms with Gasteiger partial charge in [-0.15, -0.1) is 0 Å². The zero-order valence-electron chi connectivity index (χ0n) is 22.9. The molecule has 1 aromatic heterocycles. The second kappa shape index (κ2) is 12.2. The van der Waals surface area contributed by atoms with Gasteiger partial charge in [-0.1, -0.05) is 78.9 Å². The third kappa shape index (κ3) is 5.92. The number of carbonyl (C=O) groups is 2. The van der Waals surface area contributed by atoms with Gasteiger partial charge >= 0.3 is 12.1 Å². The van der Waals surface area contributed by atoms with Gasteiger partial charge in [-0.25, -0.2) is 4.79 Å². The van der Waals surface area contributed by atoms with Crippen LogP contribution in [0.3, 0.4) is 0 Å². The molecule has 1 fully saturated rings. The van der Waals surface area contributed by atoms with E-state index in [0.29, 0.717) is 25.6 Å². The van der Waals surface area contributed by atoms with Crippen LogP contribution in [0.1, 0.15) is 37.0 Å². The molecule has 1 saturated heterocycles. The fraction of sp³-hybridized carbons (Fsp3) is 0.281. The molecule has 0 aliphatic carbocycles. The molecule has 1 aliphatic rings. The largest absolute Gasteiger partial charge is 0.466 e. The van der Waals surface area contributed by atoms with Crippen molar-refractivity contribution >= 4 is 17.9 Å². The van der Waals surface area contributed by atoms with E-state index in [1.807, 2.05) is 92.7 Å². The Balaban J connectivity index is 1.29. The van der Waals surface area contributed by atoms with Gasteiger partial charge in [0.2, 0.25) is 0 Å². The second-order valence-corrected chi connectivity index (χ2v) is 9.84. The van der Waals surface area contributed by atoms with E-state index < -0.39 is 12.2 Å². The predicted octanol–water partition coefficient (Wildman–Crippen LogP) is 6.36. The molecule has 0 bridgehead atoms. The molecule has 0 saturated carbocycles. The van der Waals surface area contributed by atoms with E-state index in [2.05, 4.69) is 10.4 Å². The molecule has 1 unspecified atom stereocenters. The highest BCUT2D eigenvalue weighted by Gasteiger charge is 2.36. The minimum Gasteiger partial charge on any atom is -0.466 e. The monoisotopic (exact) mass is 539 g/mol. The zero-order valence-corrected chi connectivity index (χ0v) is 22.9. The first-order chi connectivity index (χ1) is 19.4. The highest BCUT2D eigenvalue weighted by Crippen LogP contribution is 2.34. The van der Waals surface area contributed by atoms with E-state index in [-0.39, 0.29) is 17.8 Å². The smallest absolute Gasteiger partial charge is 0.413 e. The SMILES string of the molecule is CCOC(=O)C(c1ccc(-c2ccc(-c3cnn(C)c3NC(=O)O[C@H](C)c3ccccc3)cc2)cc1)C1COC1. The first-order valence-electron chi connectivity index (χ1n) is 13.4. The summed E-state index contributed by atoms with van der Waals surface area (Å²) in [4.78, 5) is 25.3. The molecular weight excluding hydrogens is 506 g/mol. The lowest BCUT2D eigenvalue weighted by atomic mass is 9.84. The Hall–Kier alpha value is -4.43. The Morgan fingerprint density at radius 1 is 0.950 bits per heavy atom. The van der Waals surface area contributed by atoms with Gasteiger partial charge < -0.3 is 14.2 Å². The number of rotatable bonds is 9. The average molecular weight is 540 g/mol. The molecule has 2 heterocycles. The van der Waals surface area contributed by atoms with E-state index in [9.17, 15) is 9.59 Å². The fourth-order valence-corrected chi connectivity index (χ4v) is 4.88. The van der Waals surface area contributed by atoms with Crippen molar-refractivity contribution in [1.29, 1.82) is 0 Å². The van der Waals surface area contributed by atoms with Gasteiger partial charge in [0.25, 0.3) is 0 Å². The van der Waals surface area contributed by atoms with E-state index in [0.717, 1.165) is 33.4 Å². The van der Waals surface area contributed by atoms with Crippen LogP contribution in [0.25, 0.3) is 22.3 Å². The summed E-state index contributed by atoms with van der Waals surface area (Å²) >= 11 is 0. The highest BCUT2D eigenvalue weighted by atomic mass is 16.6. The highest BCUT2D eigenvalue weighted by molar-refractivity contribution is 5.90. The zero-order chi connectivity index (χ0) is 28.1. The van der Waals surface area contributed by atoms with Gasteiger partial charge in [0.15, 0.2) is 0 Å². The topological polar surface area (TPSA) is 91.7 Å². The van der Waals surface area contributed by atoms with E-state index in [4.69, 9.17) is 14.2 Å². The van der Waals surface area contributed by atoms with Crippen LogP contribution in [0, 0.1) is 5.92 Å². The van der Waals surface area contributed by atoms with Crippen molar-refractivity contribution < 1.29 is 23.8 Å². The summed E-state index contributed by atoms with van der Waals surface area (Å²) in [6, 6.07) is 25.7. The summed E-state index contributed by atoms with van der Waals surface area (Å²) in [7, 11) is 1.77. The van der Waals surface area contributed by atoms with Gasteiger partial charge in [-0.05, 0) is 41.7 Å². The number of aromatic nitrogens is 2. The van der Waals surface area contributed by atoms with Crippen molar-refractivity contribution in [1.82, 2.24) is 9.78 Å². The molecule has 40 heavy (non-hydrogen) atoms. The Bertz CT molecular complexity index is 1440. The number of amides is 1. The Morgan fingerprint density at radius 3 is 2.17 bits per heavy atom. The number of hydrogen-bond acceptors (Lipinski definition) is 6. The number of ether oxygens (including phenoxy) is 3.